The average molecular weight is 511 g/mol. The summed E-state index contributed by atoms with van der Waals surface area (Å²) < 4.78 is 28.4. The number of carbonyl (C=O) groups is 2. The number of benzene rings is 3. The first kappa shape index (κ1) is 25.8. The fraction of sp³-hybridized carbons (Fsp3) is 0.308. The van der Waals surface area contributed by atoms with Crippen LogP contribution in [0.3, 0.4) is 0 Å². The van der Waals surface area contributed by atoms with Crippen LogP contribution >= 0.6 is 0 Å². The van der Waals surface area contributed by atoms with Crippen LogP contribution in [-0.4, -0.2) is 62.0 Å². The maximum Gasteiger partial charge on any atom is 0.251 e. The zero-order chi connectivity index (χ0) is 25.7. The van der Waals surface area contributed by atoms with Crippen LogP contribution in [0, 0.1) is 0 Å². The van der Waals surface area contributed by atoms with E-state index < -0.39 is 28.6 Å². The van der Waals surface area contributed by atoms with E-state index in [-0.39, 0.29) is 23.4 Å². The number of hydrogen-bond acceptors (Lipinski definition) is 6. The van der Waals surface area contributed by atoms with E-state index >= 15 is 0 Å². The molecule has 3 aromatic carbocycles. The Morgan fingerprint density at radius 3 is 2.58 bits per heavy atom. The van der Waals surface area contributed by atoms with Gasteiger partial charge in [0, 0.05) is 31.2 Å². The second-order valence-corrected chi connectivity index (χ2v) is 10.5. The van der Waals surface area contributed by atoms with E-state index in [0.29, 0.717) is 31.5 Å². The summed E-state index contributed by atoms with van der Waals surface area (Å²) in [4.78, 5) is 27.3. The molecule has 36 heavy (non-hydrogen) atoms. The molecule has 4 rings (SSSR count). The van der Waals surface area contributed by atoms with Gasteiger partial charge in [-0.2, -0.15) is 4.72 Å². The number of amides is 2. The monoisotopic (exact) mass is 510 g/mol. The van der Waals surface area contributed by atoms with Gasteiger partial charge in [-0.05, 0) is 53.4 Å². The number of likely N-dealkylation sites (tertiary alicyclic amines) is 1. The van der Waals surface area contributed by atoms with Gasteiger partial charge in [-0.1, -0.05) is 42.5 Å². The molecule has 9 nitrogen and oxygen atoms in total. The maximum absolute atomic E-state index is 13.2. The minimum atomic E-state index is -4.06. The molecule has 5 N–H and O–H groups in total. The number of sulfonamides is 1. The van der Waals surface area contributed by atoms with Crippen molar-refractivity contribution < 1.29 is 23.1 Å². The van der Waals surface area contributed by atoms with Gasteiger partial charge in [-0.15, -0.1) is 0 Å². The third-order valence-electron chi connectivity index (χ3n) is 6.39. The van der Waals surface area contributed by atoms with Crippen molar-refractivity contribution in [3.8, 4) is 0 Å². The number of carbonyl (C=O) groups excluding carboxylic acids is 2. The molecule has 2 amide bonds. The van der Waals surface area contributed by atoms with Gasteiger partial charge in [0.2, 0.25) is 15.9 Å². The van der Waals surface area contributed by atoms with E-state index in [0.717, 1.165) is 16.3 Å². The number of fused-ring (bicyclic) bond motifs is 1. The van der Waals surface area contributed by atoms with Crippen LogP contribution in [0.25, 0.3) is 10.8 Å². The normalized spacial score (nSPS) is 16.7. The fourth-order valence-electron chi connectivity index (χ4n) is 4.45. The molecule has 2 atom stereocenters. The Balaban J connectivity index is 1.42. The number of aliphatic hydroxyl groups excluding tert-OH is 1. The zero-order valence-electron chi connectivity index (χ0n) is 19.8. The van der Waals surface area contributed by atoms with Gasteiger partial charge in [0.15, 0.2) is 0 Å². The van der Waals surface area contributed by atoms with Crippen molar-refractivity contribution in [3.05, 3.63) is 77.9 Å². The Labute approximate surface area is 210 Å². The van der Waals surface area contributed by atoms with E-state index in [4.69, 9.17) is 5.73 Å². The van der Waals surface area contributed by atoms with Gasteiger partial charge in [0.05, 0.1) is 11.5 Å². The molecule has 0 bridgehead atoms. The summed E-state index contributed by atoms with van der Waals surface area (Å²) in [6.07, 6.45) is 1.37. The molecule has 0 spiro atoms. The standard InChI is InChI=1S/C26H30N4O5S/c27-15-18-5-3-8-21(13-18)25(32)28-16-22-9-4-12-30(22)26(33)24(17-31)29-36(34,35)23-11-10-19-6-1-2-7-20(19)14-23/h1-3,5-8,10-11,13-14,22,24,29,31H,4,9,12,15-17,27H2,(H,28,32)/t22-,24+/m0/s1. The molecule has 0 unspecified atom stereocenters. The van der Waals surface area contributed by atoms with E-state index in [1.807, 2.05) is 24.3 Å². The molecule has 0 saturated carbocycles. The van der Waals surface area contributed by atoms with Gasteiger partial charge in [-0.25, -0.2) is 8.42 Å². The molecule has 1 saturated heterocycles. The predicted molar refractivity (Wildman–Crippen MR) is 137 cm³/mol. The highest BCUT2D eigenvalue weighted by Crippen LogP contribution is 2.21. The molecule has 0 aromatic heterocycles. The van der Waals surface area contributed by atoms with Crippen LogP contribution in [0.2, 0.25) is 0 Å². The smallest absolute Gasteiger partial charge is 0.251 e. The molecule has 10 heteroatoms. The van der Waals surface area contributed by atoms with Crippen LogP contribution in [0.15, 0.2) is 71.6 Å². The molecule has 1 heterocycles. The Kier molecular flexibility index (Phi) is 8.00. The highest BCUT2D eigenvalue weighted by molar-refractivity contribution is 7.89. The second kappa shape index (κ2) is 11.2. The Morgan fingerprint density at radius 2 is 1.83 bits per heavy atom. The number of nitrogens with zero attached hydrogens (tertiary/aromatic N) is 1. The third kappa shape index (κ3) is 5.73. The third-order valence-corrected chi connectivity index (χ3v) is 7.86. The lowest BCUT2D eigenvalue weighted by Crippen LogP contribution is -2.53. The molecule has 0 radical (unpaired) electrons. The van der Waals surface area contributed by atoms with Gasteiger partial charge < -0.3 is 21.1 Å². The summed E-state index contributed by atoms with van der Waals surface area (Å²) in [5.74, 6) is -0.802. The van der Waals surface area contributed by atoms with Crippen LogP contribution < -0.4 is 15.8 Å². The number of nitrogens with two attached hydrogens (primary N) is 1. The first-order valence-electron chi connectivity index (χ1n) is 11.8. The van der Waals surface area contributed by atoms with Crippen molar-refractivity contribution in [2.24, 2.45) is 5.73 Å². The van der Waals surface area contributed by atoms with Gasteiger partial charge in [0.25, 0.3) is 5.91 Å². The van der Waals surface area contributed by atoms with Crippen molar-refractivity contribution in [3.63, 3.8) is 0 Å². The topological polar surface area (TPSA) is 142 Å². The van der Waals surface area contributed by atoms with E-state index in [2.05, 4.69) is 10.0 Å². The molecule has 1 fully saturated rings. The predicted octanol–water partition coefficient (Wildman–Crippen LogP) is 1.36. The quantitative estimate of drug-likeness (QED) is 0.342. The number of rotatable bonds is 9. The number of aliphatic hydroxyl groups is 1. The SMILES string of the molecule is NCc1cccc(C(=O)NC[C@@H]2CCCN2C(=O)[C@@H](CO)NS(=O)(=O)c2ccc3ccccc3c2)c1. The molecule has 1 aliphatic heterocycles. The van der Waals surface area contributed by atoms with Crippen molar-refractivity contribution in [2.45, 2.75) is 36.4 Å². The second-order valence-electron chi connectivity index (χ2n) is 8.81. The molecule has 190 valence electrons. The summed E-state index contributed by atoms with van der Waals surface area (Å²) >= 11 is 0. The molecular weight excluding hydrogens is 480 g/mol. The summed E-state index contributed by atoms with van der Waals surface area (Å²) in [6, 6.07) is 17.4. The Morgan fingerprint density at radius 1 is 1.06 bits per heavy atom. The van der Waals surface area contributed by atoms with Crippen molar-refractivity contribution in [2.75, 3.05) is 19.7 Å². The zero-order valence-corrected chi connectivity index (χ0v) is 20.6. The van der Waals surface area contributed by atoms with Crippen LogP contribution in [0.4, 0.5) is 0 Å². The largest absolute Gasteiger partial charge is 0.394 e. The van der Waals surface area contributed by atoms with Gasteiger partial charge in [-0.3, -0.25) is 9.59 Å². The molecule has 1 aliphatic rings. The highest BCUT2D eigenvalue weighted by Gasteiger charge is 2.35. The first-order valence-corrected chi connectivity index (χ1v) is 13.3. The van der Waals surface area contributed by atoms with Crippen LogP contribution in [0.1, 0.15) is 28.8 Å². The Bertz CT molecular complexity index is 1360. The molecule has 0 aliphatic carbocycles. The summed E-state index contributed by atoms with van der Waals surface area (Å²) in [5.41, 5.74) is 6.96. The van der Waals surface area contributed by atoms with Crippen LogP contribution in [0.5, 0.6) is 0 Å². The first-order chi connectivity index (χ1) is 17.3. The van der Waals surface area contributed by atoms with Crippen LogP contribution in [-0.2, 0) is 21.4 Å². The fourth-order valence-corrected chi connectivity index (χ4v) is 5.66. The lowest BCUT2D eigenvalue weighted by Gasteiger charge is -2.28. The summed E-state index contributed by atoms with van der Waals surface area (Å²) in [6.45, 7) is 0.264. The van der Waals surface area contributed by atoms with E-state index in [1.165, 1.54) is 17.0 Å². The maximum atomic E-state index is 13.2. The van der Waals surface area contributed by atoms with Gasteiger partial charge in [0.1, 0.15) is 6.04 Å². The Hall–Kier alpha value is -3.31. The highest BCUT2D eigenvalue weighted by atomic mass is 32.2. The lowest BCUT2D eigenvalue weighted by atomic mass is 10.1. The summed E-state index contributed by atoms with van der Waals surface area (Å²) in [5, 5.41) is 14.4. The molecule has 3 aromatic rings. The van der Waals surface area contributed by atoms with E-state index in [9.17, 15) is 23.1 Å². The van der Waals surface area contributed by atoms with Gasteiger partial charge >= 0.3 is 0 Å². The lowest BCUT2D eigenvalue weighted by molar-refractivity contribution is -0.134. The summed E-state index contributed by atoms with van der Waals surface area (Å²) in [7, 11) is -4.06. The van der Waals surface area contributed by atoms with Crippen molar-refractivity contribution >= 4 is 32.6 Å². The minimum absolute atomic E-state index is 0.0115. The molecular formula is C26H30N4O5S. The van der Waals surface area contributed by atoms with Crippen molar-refractivity contribution in [1.82, 2.24) is 14.9 Å². The van der Waals surface area contributed by atoms with Crippen molar-refractivity contribution in [1.29, 1.82) is 0 Å². The number of hydrogen-bond donors (Lipinski definition) is 4. The average Bonchev–Trinajstić information content (AvgIpc) is 3.38. The number of nitrogens with one attached hydrogen (secondary N) is 2. The van der Waals surface area contributed by atoms with E-state index in [1.54, 1.807) is 30.3 Å². The minimum Gasteiger partial charge on any atom is -0.394 e.